The van der Waals surface area contributed by atoms with Crippen molar-refractivity contribution in [2.75, 3.05) is 6.61 Å². The van der Waals surface area contributed by atoms with E-state index in [0.717, 1.165) is 15.6 Å². The highest BCUT2D eigenvalue weighted by Gasteiger charge is 2.12. The SMILES string of the molecule is CCOc1cc(CCl)cc(Br)c1OCc1ccccc1. The third-order valence-electron chi connectivity index (χ3n) is 2.75. The number of ether oxygens (including phenoxy) is 2. The highest BCUT2D eigenvalue weighted by molar-refractivity contribution is 9.10. The first-order valence-corrected chi connectivity index (χ1v) is 7.75. The van der Waals surface area contributed by atoms with Crippen molar-refractivity contribution in [1.29, 1.82) is 0 Å². The van der Waals surface area contributed by atoms with E-state index in [1.165, 1.54) is 0 Å². The van der Waals surface area contributed by atoms with Crippen LogP contribution < -0.4 is 9.47 Å². The van der Waals surface area contributed by atoms with E-state index in [0.29, 0.717) is 30.6 Å². The first-order chi connectivity index (χ1) is 9.74. The van der Waals surface area contributed by atoms with Crippen LogP contribution in [-0.4, -0.2) is 6.61 Å². The van der Waals surface area contributed by atoms with E-state index in [2.05, 4.69) is 15.9 Å². The van der Waals surface area contributed by atoms with Crippen molar-refractivity contribution < 1.29 is 9.47 Å². The molecule has 0 aliphatic heterocycles. The summed E-state index contributed by atoms with van der Waals surface area (Å²) in [7, 11) is 0. The summed E-state index contributed by atoms with van der Waals surface area (Å²) < 4.78 is 12.4. The van der Waals surface area contributed by atoms with Crippen molar-refractivity contribution in [3.8, 4) is 11.5 Å². The zero-order valence-corrected chi connectivity index (χ0v) is 13.6. The van der Waals surface area contributed by atoms with E-state index in [1.807, 2.05) is 49.4 Å². The Kier molecular flexibility index (Phi) is 5.74. The van der Waals surface area contributed by atoms with Gasteiger partial charge in [0.05, 0.1) is 11.1 Å². The van der Waals surface area contributed by atoms with Crippen LogP contribution in [0.2, 0.25) is 0 Å². The van der Waals surface area contributed by atoms with Crippen LogP contribution in [-0.2, 0) is 12.5 Å². The van der Waals surface area contributed by atoms with Gasteiger partial charge < -0.3 is 9.47 Å². The van der Waals surface area contributed by atoms with Crippen molar-refractivity contribution in [3.63, 3.8) is 0 Å². The summed E-state index contributed by atoms with van der Waals surface area (Å²) in [5.41, 5.74) is 2.11. The highest BCUT2D eigenvalue weighted by atomic mass is 79.9. The highest BCUT2D eigenvalue weighted by Crippen LogP contribution is 2.37. The second-order valence-corrected chi connectivity index (χ2v) is 5.37. The minimum absolute atomic E-state index is 0.442. The normalized spacial score (nSPS) is 10.3. The summed E-state index contributed by atoms with van der Waals surface area (Å²) in [4.78, 5) is 0. The van der Waals surface area contributed by atoms with Crippen LogP contribution in [0.3, 0.4) is 0 Å². The fourth-order valence-electron chi connectivity index (χ4n) is 1.83. The lowest BCUT2D eigenvalue weighted by Crippen LogP contribution is -2.01. The lowest BCUT2D eigenvalue weighted by Gasteiger charge is -2.15. The van der Waals surface area contributed by atoms with E-state index in [4.69, 9.17) is 21.1 Å². The van der Waals surface area contributed by atoms with Gasteiger partial charge in [0.15, 0.2) is 11.5 Å². The molecule has 2 rings (SSSR count). The molecule has 0 N–H and O–H groups in total. The Bertz CT molecular complexity index is 558. The Morgan fingerprint density at radius 2 is 1.80 bits per heavy atom. The van der Waals surface area contributed by atoms with Gasteiger partial charge in [-0.25, -0.2) is 0 Å². The third kappa shape index (κ3) is 3.90. The van der Waals surface area contributed by atoms with Crippen molar-refractivity contribution in [2.24, 2.45) is 0 Å². The molecule has 0 amide bonds. The first kappa shape index (κ1) is 15.2. The molecule has 0 aliphatic rings. The second-order valence-electron chi connectivity index (χ2n) is 4.25. The van der Waals surface area contributed by atoms with Gasteiger partial charge in [0.2, 0.25) is 0 Å². The molecule has 0 atom stereocenters. The molecule has 2 aromatic rings. The number of alkyl halides is 1. The van der Waals surface area contributed by atoms with Gasteiger partial charge in [-0.3, -0.25) is 0 Å². The molecule has 4 heteroatoms. The van der Waals surface area contributed by atoms with Crippen LogP contribution in [0.15, 0.2) is 46.9 Å². The fourth-order valence-corrected chi connectivity index (χ4v) is 2.59. The molecule has 0 saturated heterocycles. The minimum Gasteiger partial charge on any atom is -0.490 e. The van der Waals surface area contributed by atoms with Gasteiger partial charge >= 0.3 is 0 Å². The molecule has 0 saturated carbocycles. The predicted molar refractivity (Wildman–Crippen MR) is 85.6 cm³/mol. The van der Waals surface area contributed by atoms with Gasteiger partial charge in [-0.15, -0.1) is 11.6 Å². The van der Waals surface area contributed by atoms with Crippen LogP contribution in [0.1, 0.15) is 18.1 Å². The number of hydrogen-bond donors (Lipinski definition) is 0. The molecule has 0 aromatic heterocycles. The average Bonchev–Trinajstić information content (AvgIpc) is 2.47. The molecular formula is C16H16BrClO2. The average molecular weight is 356 g/mol. The molecule has 0 heterocycles. The quantitative estimate of drug-likeness (QED) is 0.666. The Labute approximate surface area is 132 Å². The van der Waals surface area contributed by atoms with Crippen LogP contribution in [0.4, 0.5) is 0 Å². The van der Waals surface area contributed by atoms with Crippen molar-refractivity contribution in [3.05, 3.63) is 58.1 Å². The molecule has 2 aromatic carbocycles. The Morgan fingerprint density at radius 1 is 1.05 bits per heavy atom. The van der Waals surface area contributed by atoms with Gasteiger partial charge in [0, 0.05) is 5.88 Å². The Hall–Kier alpha value is -1.19. The van der Waals surface area contributed by atoms with Gasteiger partial charge in [-0.05, 0) is 46.1 Å². The molecule has 106 valence electrons. The van der Waals surface area contributed by atoms with Gasteiger partial charge in [-0.1, -0.05) is 30.3 Å². The number of halogens is 2. The van der Waals surface area contributed by atoms with Crippen molar-refractivity contribution >= 4 is 27.5 Å². The predicted octanol–water partition coefficient (Wildman–Crippen LogP) is 5.17. The summed E-state index contributed by atoms with van der Waals surface area (Å²) >= 11 is 9.40. The van der Waals surface area contributed by atoms with Gasteiger partial charge in [0.25, 0.3) is 0 Å². The zero-order chi connectivity index (χ0) is 14.4. The fraction of sp³-hybridized carbons (Fsp3) is 0.250. The smallest absolute Gasteiger partial charge is 0.175 e. The maximum atomic E-state index is 5.89. The van der Waals surface area contributed by atoms with Crippen LogP contribution in [0.25, 0.3) is 0 Å². The number of rotatable bonds is 6. The molecule has 0 spiro atoms. The summed E-state index contributed by atoms with van der Waals surface area (Å²) in [5, 5.41) is 0. The molecule has 0 radical (unpaired) electrons. The third-order valence-corrected chi connectivity index (χ3v) is 3.65. The summed E-state index contributed by atoms with van der Waals surface area (Å²) in [6.07, 6.45) is 0. The van der Waals surface area contributed by atoms with Gasteiger partial charge in [0.1, 0.15) is 6.61 Å². The molecule has 2 nitrogen and oxygen atoms in total. The maximum Gasteiger partial charge on any atom is 0.175 e. The minimum atomic E-state index is 0.442. The van der Waals surface area contributed by atoms with E-state index >= 15 is 0 Å². The lowest BCUT2D eigenvalue weighted by atomic mass is 10.2. The summed E-state index contributed by atoms with van der Waals surface area (Å²) in [5.74, 6) is 1.87. The first-order valence-electron chi connectivity index (χ1n) is 6.42. The van der Waals surface area contributed by atoms with Gasteiger partial charge in [-0.2, -0.15) is 0 Å². The van der Waals surface area contributed by atoms with Crippen molar-refractivity contribution in [1.82, 2.24) is 0 Å². The largest absolute Gasteiger partial charge is 0.490 e. The van der Waals surface area contributed by atoms with Crippen LogP contribution in [0, 0.1) is 0 Å². The molecular weight excluding hydrogens is 340 g/mol. The van der Waals surface area contributed by atoms with E-state index in [-0.39, 0.29) is 0 Å². The monoisotopic (exact) mass is 354 g/mol. The van der Waals surface area contributed by atoms with Crippen LogP contribution >= 0.6 is 27.5 Å². The lowest BCUT2D eigenvalue weighted by molar-refractivity contribution is 0.267. The second kappa shape index (κ2) is 7.55. The topological polar surface area (TPSA) is 18.5 Å². The molecule has 20 heavy (non-hydrogen) atoms. The van der Waals surface area contributed by atoms with Crippen LogP contribution in [0.5, 0.6) is 11.5 Å². The molecule has 0 aliphatic carbocycles. The molecule has 0 unspecified atom stereocenters. The number of hydrogen-bond acceptors (Lipinski definition) is 2. The Balaban J connectivity index is 2.21. The Morgan fingerprint density at radius 3 is 2.45 bits per heavy atom. The van der Waals surface area contributed by atoms with Crippen molar-refractivity contribution in [2.45, 2.75) is 19.4 Å². The maximum absolute atomic E-state index is 5.89. The summed E-state index contributed by atoms with van der Waals surface area (Å²) in [6.45, 7) is 3.03. The number of benzene rings is 2. The standard InChI is InChI=1S/C16H16BrClO2/c1-2-19-15-9-13(10-18)8-14(17)16(15)20-11-12-6-4-3-5-7-12/h3-9H,2,10-11H2,1H3. The van der Waals surface area contributed by atoms with E-state index < -0.39 is 0 Å². The van der Waals surface area contributed by atoms with E-state index in [1.54, 1.807) is 0 Å². The molecule has 0 fully saturated rings. The zero-order valence-electron chi connectivity index (χ0n) is 11.2. The summed E-state index contributed by atoms with van der Waals surface area (Å²) in [6, 6.07) is 13.9. The molecule has 0 bridgehead atoms. The van der Waals surface area contributed by atoms with E-state index in [9.17, 15) is 0 Å².